The summed E-state index contributed by atoms with van der Waals surface area (Å²) in [6.45, 7) is 2.66. The summed E-state index contributed by atoms with van der Waals surface area (Å²) >= 11 is 6.25. The summed E-state index contributed by atoms with van der Waals surface area (Å²) < 4.78 is 0. The molecule has 6 nitrogen and oxygen atoms in total. The molecule has 0 saturated carbocycles. The largest absolute Gasteiger partial charge is 0.388 e. The molecule has 3 amide bonds. The Hall–Kier alpha value is -1.95. The van der Waals surface area contributed by atoms with Gasteiger partial charge in [0, 0.05) is 38.9 Å². The molecule has 1 unspecified atom stereocenters. The number of nitrogens with one attached hydrogen (secondary N) is 2. The van der Waals surface area contributed by atoms with Crippen LogP contribution < -0.4 is 10.6 Å². The van der Waals surface area contributed by atoms with Crippen molar-refractivity contribution in [2.24, 2.45) is 0 Å². The van der Waals surface area contributed by atoms with Gasteiger partial charge in [-0.3, -0.25) is 4.79 Å². The van der Waals surface area contributed by atoms with Crippen molar-refractivity contribution >= 4 is 29.2 Å². The summed E-state index contributed by atoms with van der Waals surface area (Å²) in [5.74, 6) is -0.0676. The minimum atomic E-state index is -0.0676. The molecule has 0 radical (unpaired) electrons. The van der Waals surface area contributed by atoms with Gasteiger partial charge in [0.15, 0.2) is 0 Å². The molecule has 0 spiro atoms. The van der Waals surface area contributed by atoms with Crippen LogP contribution in [-0.2, 0) is 0 Å². The van der Waals surface area contributed by atoms with E-state index in [-0.39, 0.29) is 18.0 Å². The molecule has 0 aliphatic carbocycles. The Morgan fingerprint density at radius 3 is 2.87 bits per heavy atom. The third kappa shape index (κ3) is 3.22. The highest BCUT2D eigenvalue weighted by molar-refractivity contribution is 6.34. The van der Waals surface area contributed by atoms with Crippen LogP contribution in [0.5, 0.6) is 0 Å². The zero-order chi connectivity index (χ0) is 16.4. The quantitative estimate of drug-likeness (QED) is 0.887. The summed E-state index contributed by atoms with van der Waals surface area (Å²) in [5, 5.41) is 6.27. The number of benzene rings is 1. The number of anilines is 1. The van der Waals surface area contributed by atoms with Gasteiger partial charge in [0.2, 0.25) is 0 Å². The van der Waals surface area contributed by atoms with Crippen molar-refractivity contribution in [2.45, 2.75) is 18.9 Å². The molecule has 0 bridgehead atoms. The number of halogens is 1. The van der Waals surface area contributed by atoms with Crippen LogP contribution in [0.2, 0.25) is 5.02 Å². The highest BCUT2D eigenvalue weighted by Crippen LogP contribution is 2.25. The summed E-state index contributed by atoms with van der Waals surface area (Å²) in [7, 11) is 1.81. The van der Waals surface area contributed by atoms with Crippen LogP contribution in [0, 0.1) is 0 Å². The van der Waals surface area contributed by atoms with Crippen molar-refractivity contribution in [2.75, 3.05) is 38.5 Å². The summed E-state index contributed by atoms with van der Waals surface area (Å²) in [6, 6.07) is 5.41. The van der Waals surface area contributed by atoms with E-state index in [9.17, 15) is 9.59 Å². The van der Waals surface area contributed by atoms with Gasteiger partial charge in [-0.25, -0.2) is 4.79 Å². The third-order valence-corrected chi connectivity index (χ3v) is 4.82. The minimum absolute atomic E-state index is 0.0271. The van der Waals surface area contributed by atoms with E-state index in [2.05, 4.69) is 10.6 Å². The molecule has 1 aromatic carbocycles. The molecule has 2 aliphatic rings. The fourth-order valence-electron chi connectivity index (χ4n) is 3.24. The van der Waals surface area contributed by atoms with Gasteiger partial charge < -0.3 is 20.4 Å². The first-order valence-electron chi connectivity index (χ1n) is 7.91. The maximum atomic E-state index is 12.8. The first-order chi connectivity index (χ1) is 11.1. The third-order valence-electron chi connectivity index (χ3n) is 4.50. The highest BCUT2D eigenvalue weighted by Gasteiger charge is 2.33. The lowest BCUT2D eigenvalue weighted by Gasteiger charge is -2.37. The van der Waals surface area contributed by atoms with Crippen LogP contribution in [0.3, 0.4) is 0 Å². The van der Waals surface area contributed by atoms with E-state index in [0.29, 0.717) is 36.8 Å². The van der Waals surface area contributed by atoms with Crippen molar-refractivity contribution in [1.82, 2.24) is 15.1 Å². The van der Waals surface area contributed by atoms with Crippen molar-refractivity contribution < 1.29 is 9.59 Å². The fourth-order valence-corrected chi connectivity index (χ4v) is 3.50. The molecule has 3 rings (SSSR count). The van der Waals surface area contributed by atoms with Gasteiger partial charge >= 0.3 is 6.03 Å². The average Bonchev–Trinajstić information content (AvgIpc) is 3.00. The van der Waals surface area contributed by atoms with E-state index in [4.69, 9.17) is 11.6 Å². The molecule has 2 N–H and O–H groups in total. The SMILES string of the molecule is CNc1ccc(C(=O)N2CCCC(N3CCNC3=O)C2)c(Cl)c1. The number of carbonyl (C=O) groups excluding carboxylic acids is 2. The number of hydrogen-bond donors (Lipinski definition) is 2. The van der Waals surface area contributed by atoms with E-state index in [1.807, 2.05) is 18.0 Å². The van der Waals surface area contributed by atoms with Crippen LogP contribution in [0.4, 0.5) is 10.5 Å². The normalized spacial score (nSPS) is 21.3. The molecule has 2 heterocycles. The summed E-state index contributed by atoms with van der Waals surface area (Å²) in [5.41, 5.74) is 1.38. The number of hydrogen-bond acceptors (Lipinski definition) is 3. The van der Waals surface area contributed by atoms with Crippen molar-refractivity contribution in [1.29, 1.82) is 0 Å². The lowest BCUT2D eigenvalue weighted by molar-refractivity contribution is 0.0634. The molecular weight excluding hydrogens is 316 g/mol. The predicted octanol–water partition coefficient (Wildman–Crippen LogP) is 2.01. The van der Waals surface area contributed by atoms with Crippen LogP contribution >= 0.6 is 11.6 Å². The second kappa shape index (κ2) is 6.66. The lowest BCUT2D eigenvalue weighted by atomic mass is 10.0. The monoisotopic (exact) mass is 336 g/mol. The maximum absolute atomic E-state index is 12.8. The highest BCUT2D eigenvalue weighted by atomic mass is 35.5. The molecule has 1 atom stereocenters. The number of carbonyl (C=O) groups is 2. The summed E-state index contributed by atoms with van der Waals surface area (Å²) in [6.07, 6.45) is 1.83. The second-order valence-corrected chi connectivity index (χ2v) is 6.32. The van der Waals surface area contributed by atoms with Crippen LogP contribution in [0.15, 0.2) is 18.2 Å². The van der Waals surface area contributed by atoms with Crippen LogP contribution in [0.1, 0.15) is 23.2 Å². The standard InChI is InChI=1S/C16H21ClN4O2/c1-18-11-4-5-13(14(17)9-11)15(22)20-7-2-3-12(10-20)21-8-6-19-16(21)23/h4-5,9,12,18H,2-3,6-8,10H2,1H3,(H,19,23). The average molecular weight is 337 g/mol. The van der Waals surface area contributed by atoms with Crippen molar-refractivity contribution in [3.63, 3.8) is 0 Å². The zero-order valence-electron chi connectivity index (χ0n) is 13.1. The number of likely N-dealkylation sites (tertiary alicyclic amines) is 1. The molecular formula is C16H21ClN4O2. The molecule has 23 heavy (non-hydrogen) atoms. The Labute approximate surface area is 140 Å². The minimum Gasteiger partial charge on any atom is -0.388 e. The Kier molecular flexibility index (Phi) is 4.61. The molecule has 1 aromatic rings. The Morgan fingerprint density at radius 2 is 2.22 bits per heavy atom. The number of amides is 3. The molecule has 7 heteroatoms. The maximum Gasteiger partial charge on any atom is 0.317 e. The number of piperidine rings is 1. The Morgan fingerprint density at radius 1 is 1.39 bits per heavy atom. The number of nitrogens with zero attached hydrogens (tertiary/aromatic N) is 2. The zero-order valence-corrected chi connectivity index (χ0v) is 13.9. The topological polar surface area (TPSA) is 64.7 Å². The first-order valence-corrected chi connectivity index (χ1v) is 8.29. The van der Waals surface area contributed by atoms with Gasteiger partial charge in [-0.15, -0.1) is 0 Å². The van der Waals surface area contributed by atoms with E-state index >= 15 is 0 Å². The van der Waals surface area contributed by atoms with Gasteiger partial charge in [-0.05, 0) is 31.0 Å². The molecule has 2 fully saturated rings. The van der Waals surface area contributed by atoms with Gasteiger partial charge in [0.25, 0.3) is 5.91 Å². The molecule has 0 aromatic heterocycles. The molecule has 2 aliphatic heterocycles. The van der Waals surface area contributed by atoms with Crippen LogP contribution in [-0.4, -0.2) is 61.0 Å². The van der Waals surface area contributed by atoms with Gasteiger partial charge in [0.05, 0.1) is 16.6 Å². The van der Waals surface area contributed by atoms with E-state index in [1.54, 1.807) is 17.0 Å². The van der Waals surface area contributed by atoms with Gasteiger partial charge in [0.1, 0.15) is 0 Å². The Balaban J connectivity index is 1.73. The number of urea groups is 1. The van der Waals surface area contributed by atoms with E-state index in [0.717, 1.165) is 18.5 Å². The Bertz CT molecular complexity index is 622. The predicted molar refractivity (Wildman–Crippen MR) is 90.0 cm³/mol. The second-order valence-electron chi connectivity index (χ2n) is 5.92. The number of rotatable bonds is 3. The van der Waals surface area contributed by atoms with Gasteiger partial charge in [-0.1, -0.05) is 11.6 Å². The molecule has 124 valence electrons. The van der Waals surface area contributed by atoms with Gasteiger partial charge in [-0.2, -0.15) is 0 Å². The fraction of sp³-hybridized carbons (Fsp3) is 0.500. The first kappa shape index (κ1) is 15.9. The van der Waals surface area contributed by atoms with Crippen molar-refractivity contribution in [3.05, 3.63) is 28.8 Å². The van der Waals surface area contributed by atoms with Crippen molar-refractivity contribution in [3.8, 4) is 0 Å². The van der Waals surface area contributed by atoms with E-state index in [1.165, 1.54) is 0 Å². The lowest BCUT2D eigenvalue weighted by Crippen LogP contribution is -2.50. The van der Waals surface area contributed by atoms with E-state index < -0.39 is 0 Å². The van der Waals surface area contributed by atoms with Crippen LogP contribution in [0.25, 0.3) is 0 Å². The molecule has 2 saturated heterocycles. The smallest absolute Gasteiger partial charge is 0.317 e. The summed E-state index contributed by atoms with van der Waals surface area (Å²) in [4.78, 5) is 28.2.